The molecule has 1 aromatic carbocycles. The van der Waals surface area contributed by atoms with E-state index in [0.29, 0.717) is 45.6 Å². The van der Waals surface area contributed by atoms with E-state index in [2.05, 4.69) is 16.0 Å². The molecule has 0 bridgehead atoms. The normalized spacial score (nSPS) is 17.1. The molecular weight excluding hydrogens is 390 g/mol. The number of aryl methyl sites for hydroxylation is 2. The van der Waals surface area contributed by atoms with Crippen LogP contribution in [-0.4, -0.2) is 54.4 Å². The van der Waals surface area contributed by atoms with Crippen LogP contribution in [0.5, 0.6) is 0 Å². The Labute approximate surface area is 174 Å². The van der Waals surface area contributed by atoms with Crippen molar-refractivity contribution in [2.24, 2.45) is 0 Å². The molecule has 2 aromatic rings. The van der Waals surface area contributed by atoms with Crippen LogP contribution in [0, 0.1) is 25.5 Å². The predicted molar refractivity (Wildman–Crippen MR) is 110 cm³/mol. The van der Waals surface area contributed by atoms with Gasteiger partial charge in [-0.05, 0) is 43.5 Å². The van der Waals surface area contributed by atoms with E-state index in [0.717, 1.165) is 29.1 Å². The predicted octanol–water partition coefficient (Wildman–Crippen LogP) is 3.07. The number of pyridine rings is 1. The summed E-state index contributed by atoms with van der Waals surface area (Å²) < 4.78 is 29.4. The number of carbonyl (C=O) groups is 2. The van der Waals surface area contributed by atoms with Gasteiger partial charge in [0.1, 0.15) is 23.0 Å². The second-order valence-corrected chi connectivity index (χ2v) is 7.87. The molecule has 2 fully saturated rings. The lowest BCUT2D eigenvalue weighted by atomic mass is 10.1. The molecule has 0 atom stereocenters. The summed E-state index contributed by atoms with van der Waals surface area (Å²) in [6.07, 6.45) is 2.82. The molecule has 2 aliphatic heterocycles. The summed E-state index contributed by atoms with van der Waals surface area (Å²) in [4.78, 5) is 34.1. The molecule has 0 saturated carbocycles. The van der Waals surface area contributed by atoms with Gasteiger partial charge in [-0.3, -0.25) is 9.59 Å². The van der Waals surface area contributed by atoms with Gasteiger partial charge in [-0.25, -0.2) is 13.8 Å². The van der Waals surface area contributed by atoms with Crippen LogP contribution in [0.15, 0.2) is 24.4 Å². The molecule has 4 rings (SSSR count). The summed E-state index contributed by atoms with van der Waals surface area (Å²) in [7, 11) is 0. The van der Waals surface area contributed by atoms with Crippen molar-refractivity contribution in [2.75, 3.05) is 42.5 Å². The lowest BCUT2D eigenvalue weighted by Gasteiger charge is -2.36. The van der Waals surface area contributed by atoms with E-state index in [4.69, 9.17) is 0 Å². The monoisotopic (exact) mass is 414 g/mol. The van der Waals surface area contributed by atoms with E-state index in [-0.39, 0.29) is 11.6 Å². The zero-order chi connectivity index (χ0) is 21.4. The molecule has 0 radical (unpaired) electrons. The summed E-state index contributed by atoms with van der Waals surface area (Å²) in [6, 6.07) is 4.21. The summed E-state index contributed by atoms with van der Waals surface area (Å²) >= 11 is 0. The van der Waals surface area contributed by atoms with Gasteiger partial charge < -0.3 is 14.7 Å². The second-order valence-electron chi connectivity index (χ2n) is 7.87. The number of aromatic nitrogens is 1. The Morgan fingerprint density at radius 2 is 1.67 bits per heavy atom. The highest BCUT2D eigenvalue weighted by Crippen LogP contribution is 2.27. The fourth-order valence-corrected chi connectivity index (χ4v) is 4.16. The highest BCUT2D eigenvalue weighted by atomic mass is 19.1. The van der Waals surface area contributed by atoms with E-state index in [1.807, 2.05) is 13.8 Å². The molecule has 158 valence electrons. The van der Waals surface area contributed by atoms with Gasteiger partial charge >= 0.3 is 0 Å². The topological polar surface area (TPSA) is 56.8 Å². The van der Waals surface area contributed by atoms with E-state index < -0.39 is 23.1 Å². The minimum absolute atomic E-state index is 0.162. The Balaban J connectivity index is 1.48. The molecule has 0 unspecified atom stereocenters. The molecule has 3 heterocycles. The molecule has 0 N–H and O–H groups in total. The molecule has 2 saturated heterocycles. The van der Waals surface area contributed by atoms with Crippen molar-refractivity contribution in [1.82, 2.24) is 9.88 Å². The van der Waals surface area contributed by atoms with Crippen LogP contribution in [0.2, 0.25) is 0 Å². The molecular formula is C22H24F2N4O2. The number of hydrogen-bond acceptors (Lipinski definition) is 4. The number of rotatable bonds is 3. The summed E-state index contributed by atoms with van der Waals surface area (Å²) in [5, 5.41) is 0. The Kier molecular flexibility index (Phi) is 5.40. The fourth-order valence-electron chi connectivity index (χ4n) is 4.16. The van der Waals surface area contributed by atoms with Crippen LogP contribution in [0.25, 0.3) is 0 Å². The van der Waals surface area contributed by atoms with Crippen LogP contribution in [0.3, 0.4) is 0 Å². The number of benzene rings is 1. The maximum absolute atomic E-state index is 14.7. The molecule has 0 spiro atoms. The number of halogens is 2. The number of hydrogen-bond donors (Lipinski definition) is 0. The highest BCUT2D eigenvalue weighted by Gasteiger charge is 2.30. The van der Waals surface area contributed by atoms with Crippen LogP contribution in [0.4, 0.5) is 20.3 Å². The maximum Gasteiger partial charge on any atom is 0.259 e. The van der Waals surface area contributed by atoms with Gasteiger partial charge in [0.2, 0.25) is 5.91 Å². The van der Waals surface area contributed by atoms with Crippen molar-refractivity contribution in [2.45, 2.75) is 26.7 Å². The third kappa shape index (κ3) is 3.74. The van der Waals surface area contributed by atoms with Gasteiger partial charge in [0.05, 0.1) is 0 Å². The first-order valence-corrected chi connectivity index (χ1v) is 10.1. The molecule has 2 amide bonds. The number of amides is 2. The van der Waals surface area contributed by atoms with E-state index in [1.165, 1.54) is 9.80 Å². The molecule has 8 heteroatoms. The minimum Gasteiger partial charge on any atom is -0.353 e. The van der Waals surface area contributed by atoms with Crippen LogP contribution < -0.4 is 9.80 Å². The number of anilines is 2. The van der Waals surface area contributed by atoms with Gasteiger partial charge in [-0.1, -0.05) is 6.07 Å². The molecule has 0 aliphatic carbocycles. The average molecular weight is 414 g/mol. The summed E-state index contributed by atoms with van der Waals surface area (Å²) in [6.45, 7) is 6.16. The van der Waals surface area contributed by atoms with E-state index in [9.17, 15) is 18.4 Å². The van der Waals surface area contributed by atoms with Gasteiger partial charge in [-0.2, -0.15) is 0 Å². The van der Waals surface area contributed by atoms with Crippen molar-refractivity contribution < 1.29 is 18.4 Å². The first-order valence-electron chi connectivity index (χ1n) is 10.1. The minimum atomic E-state index is -0.937. The highest BCUT2D eigenvalue weighted by molar-refractivity contribution is 5.98. The van der Waals surface area contributed by atoms with Crippen LogP contribution >= 0.6 is 0 Å². The largest absolute Gasteiger partial charge is 0.353 e. The lowest BCUT2D eigenvalue weighted by Crippen LogP contribution is -2.49. The smallest absolute Gasteiger partial charge is 0.259 e. The van der Waals surface area contributed by atoms with E-state index in [1.54, 1.807) is 6.20 Å². The van der Waals surface area contributed by atoms with Gasteiger partial charge in [0.15, 0.2) is 0 Å². The van der Waals surface area contributed by atoms with Crippen LogP contribution in [-0.2, 0) is 4.79 Å². The van der Waals surface area contributed by atoms with Gasteiger partial charge in [-0.15, -0.1) is 0 Å². The van der Waals surface area contributed by atoms with Crippen molar-refractivity contribution in [3.63, 3.8) is 0 Å². The number of carbonyl (C=O) groups excluding carboxylic acids is 2. The summed E-state index contributed by atoms with van der Waals surface area (Å²) in [5.41, 5.74) is 1.73. The second kappa shape index (κ2) is 8.01. The number of nitrogens with zero attached hydrogens (tertiary/aromatic N) is 4. The molecule has 6 nitrogen and oxygen atoms in total. The van der Waals surface area contributed by atoms with Gasteiger partial charge in [0.25, 0.3) is 5.91 Å². The quantitative estimate of drug-likeness (QED) is 0.775. The van der Waals surface area contributed by atoms with Crippen molar-refractivity contribution in [3.05, 3.63) is 52.7 Å². The third-order valence-corrected chi connectivity index (χ3v) is 5.68. The average Bonchev–Trinajstić information content (AvgIpc) is 3.13. The zero-order valence-corrected chi connectivity index (χ0v) is 17.1. The van der Waals surface area contributed by atoms with Gasteiger partial charge in [0, 0.05) is 51.0 Å². The molecule has 1 aromatic heterocycles. The van der Waals surface area contributed by atoms with Crippen LogP contribution in [0.1, 0.15) is 34.3 Å². The Morgan fingerprint density at radius 3 is 2.23 bits per heavy atom. The Hall–Kier alpha value is -3.03. The van der Waals surface area contributed by atoms with Crippen molar-refractivity contribution >= 4 is 23.3 Å². The lowest BCUT2D eigenvalue weighted by molar-refractivity contribution is -0.117. The maximum atomic E-state index is 14.7. The Bertz CT molecular complexity index is 980. The van der Waals surface area contributed by atoms with Crippen molar-refractivity contribution in [1.29, 1.82) is 0 Å². The molecule has 30 heavy (non-hydrogen) atoms. The fraction of sp³-hybridized carbons (Fsp3) is 0.409. The SMILES string of the molecule is Cc1cnc(N2CCN(C(=O)c3c(F)cc(N4CCCC4=O)cc3F)CC2)c(C)c1. The zero-order valence-electron chi connectivity index (χ0n) is 17.1. The Morgan fingerprint density at radius 1 is 1.00 bits per heavy atom. The van der Waals surface area contributed by atoms with E-state index >= 15 is 0 Å². The standard InChI is InChI=1S/C22H24F2N4O2/c1-14-10-15(2)21(25-13-14)26-6-8-27(9-7-26)22(30)20-17(23)11-16(12-18(20)24)28-5-3-4-19(28)29/h10-13H,3-9H2,1-2H3. The first-order chi connectivity index (χ1) is 14.3. The third-order valence-electron chi connectivity index (χ3n) is 5.68. The first kappa shape index (κ1) is 20.3. The molecule has 2 aliphatic rings. The number of piperazine rings is 1. The van der Waals surface area contributed by atoms with Crippen molar-refractivity contribution in [3.8, 4) is 0 Å². The summed E-state index contributed by atoms with van der Waals surface area (Å²) in [5.74, 6) is -1.84.